The summed E-state index contributed by atoms with van der Waals surface area (Å²) in [6, 6.07) is 9.38. The predicted molar refractivity (Wildman–Crippen MR) is 107 cm³/mol. The molecule has 1 aromatic carbocycles. The minimum atomic E-state index is -0.976. The maximum Gasteiger partial charge on any atom is 0.0939 e. The first-order chi connectivity index (χ1) is 10.7. The van der Waals surface area contributed by atoms with Gasteiger partial charge < -0.3 is 12.4 Å². The normalized spacial score (nSPS) is 11.1. The molecular weight excluding hydrogens is 319 g/mol. The van der Waals surface area contributed by atoms with E-state index < -0.39 is 7.26 Å². The summed E-state index contributed by atoms with van der Waals surface area (Å²) in [7, 11) is -0.976. The predicted octanol–water partition coefficient (Wildman–Crippen LogP) is 3.77. The maximum absolute atomic E-state index is 3.89. The summed E-state index contributed by atoms with van der Waals surface area (Å²) in [5.41, 5.74) is 1.25. The molecule has 2 heteroatoms. The third kappa shape index (κ3) is 7.40. The summed E-state index contributed by atoms with van der Waals surface area (Å²) in [6.45, 7) is 10.9. The number of rotatable bonds is 12. The molecule has 1 aromatic rings. The standard InChI is InChI=1S/C21H36P.ClH/c1-5-9-12-19-22(17-10-6-2,18-11-7-3)21-15-13-20(8-4)14-16-21;/h8,13-16H,4-7,9-12,17-19H2,1-3H3;1H/q+1;/p-1. The smallest absolute Gasteiger partial charge is 0.0939 e. The third-order valence-electron chi connectivity index (χ3n) is 4.75. The van der Waals surface area contributed by atoms with Gasteiger partial charge in [0.25, 0.3) is 0 Å². The first kappa shape index (κ1) is 22.7. The monoisotopic (exact) mass is 354 g/mol. The molecule has 0 bridgehead atoms. The van der Waals surface area contributed by atoms with Gasteiger partial charge in [-0.25, -0.2) is 0 Å². The highest BCUT2D eigenvalue weighted by Crippen LogP contribution is 2.59. The number of benzene rings is 1. The molecule has 0 N–H and O–H groups in total. The van der Waals surface area contributed by atoms with Gasteiger partial charge in [-0.1, -0.05) is 71.2 Å². The van der Waals surface area contributed by atoms with Crippen molar-refractivity contribution in [2.24, 2.45) is 0 Å². The van der Waals surface area contributed by atoms with Gasteiger partial charge in [-0.05, 0) is 37.0 Å². The lowest BCUT2D eigenvalue weighted by Crippen LogP contribution is -3.00. The fourth-order valence-corrected chi connectivity index (χ4v) is 8.13. The van der Waals surface area contributed by atoms with E-state index in [9.17, 15) is 0 Å². The van der Waals surface area contributed by atoms with E-state index in [2.05, 4.69) is 51.6 Å². The molecule has 0 aliphatic rings. The lowest BCUT2D eigenvalue weighted by Gasteiger charge is -2.28. The van der Waals surface area contributed by atoms with Crippen molar-refractivity contribution in [1.29, 1.82) is 0 Å². The van der Waals surface area contributed by atoms with Crippen molar-refractivity contribution in [2.75, 3.05) is 18.5 Å². The molecule has 1 rings (SSSR count). The fourth-order valence-electron chi connectivity index (χ4n) is 3.24. The summed E-state index contributed by atoms with van der Waals surface area (Å²) >= 11 is 0. The SMILES string of the molecule is C=Cc1ccc([P+](CCCC)(CCCC)CCCCC)cc1.[Cl-]. The second kappa shape index (κ2) is 13.0. The second-order valence-corrected chi connectivity index (χ2v) is 10.7. The number of halogens is 1. The Morgan fingerprint density at radius 2 is 1.26 bits per heavy atom. The Kier molecular flexibility index (Phi) is 12.8. The zero-order chi connectivity index (χ0) is 16.3. The van der Waals surface area contributed by atoms with Crippen LogP contribution < -0.4 is 17.7 Å². The molecule has 0 unspecified atom stereocenters. The maximum atomic E-state index is 3.89. The number of unbranched alkanes of at least 4 members (excludes halogenated alkanes) is 4. The molecular formula is C21H36ClP. The highest BCUT2D eigenvalue weighted by Gasteiger charge is 2.37. The van der Waals surface area contributed by atoms with E-state index in [1.165, 1.54) is 69.0 Å². The summed E-state index contributed by atoms with van der Waals surface area (Å²) in [5.74, 6) is 0. The van der Waals surface area contributed by atoms with Crippen molar-refractivity contribution in [2.45, 2.75) is 65.7 Å². The fraction of sp³-hybridized carbons (Fsp3) is 0.619. The summed E-state index contributed by atoms with van der Waals surface area (Å²) in [5, 5.41) is 1.68. The Morgan fingerprint density at radius 3 is 1.70 bits per heavy atom. The molecule has 0 aromatic heterocycles. The minimum absolute atomic E-state index is 0. The molecule has 0 heterocycles. The van der Waals surface area contributed by atoms with Gasteiger partial charge in [-0.15, -0.1) is 0 Å². The molecule has 0 saturated carbocycles. The number of hydrogen-bond donors (Lipinski definition) is 0. The van der Waals surface area contributed by atoms with Crippen LogP contribution in [0.5, 0.6) is 0 Å². The van der Waals surface area contributed by atoms with Crippen LogP contribution >= 0.6 is 7.26 Å². The zero-order valence-corrected chi connectivity index (χ0v) is 17.1. The molecule has 0 amide bonds. The van der Waals surface area contributed by atoms with Crippen LogP contribution in [-0.2, 0) is 0 Å². The van der Waals surface area contributed by atoms with Crippen LogP contribution in [0.15, 0.2) is 30.8 Å². The first-order valence-corrected chi connectivity index (χ1v) is 11.7. The van der Waals surface area contributed by atoms with Crippen molar-refractivity contribution in [1.82, 2.24) is 0 Å². The number of hydrogen-bond acceptors (Lipinski definition) is 0. The summed E-state index contributed by atoms with van der Waals surface area (Å²) in [6.07, 6.45) is 15.9. The molecule has 23 heavy (non-hydrogen) atoms. The quantitative estimate of drug-likeness (QED) is 0.396. The van der Waals surface area contributed by atoms with Crippen LogP contribution in [0, 0.1) is 0 Å². The summed E-state index contributed by atoms with van der Waals surface area (Å²) in [4.78, 5) is 0. The van der Waals surface area contributed by atoms with Gasteiger partial charge in [0.2, 0.25) is 0 Å². The van der Waals surface area contributed by atoms with Crippen molar-refractivity contribution in [3.8, 4) is 0 Å². The molecule has 0 saturated heterocycles. The lowest BCUT2D eigenvalue weighted by molar-refractivity contribution is -0.00000479. The molecule has 0 atom stereocenters. The molecule has 0 nitrogen and oxygen atoms in total. The van der Waals surface area contributed by atoms with Crippen LogP contribution in [-0.4, -0.2) is 18.5 Å². The van der Waals surface area contributed by atoms with E-state index in [1.807, 2.05) is 6.08 Å². The Bertz CT molecular complexity index is 402. The van der Waals surface area contributed by atoms with Crippen molar-refractivity contribution < 1.29 is 12.4 Å². The molecule has 132 valence electrons. The van der Waals surface area contributed by atoms with Crippen molar-refractivity contribution in [3.05, 3.63) is 36.4 Å². The van der Waals surface area contributed by atoms with Crippen LogP contribution in [0.25, 0.3) is 6.08 Å². The van der Waals surface area contributed by atoms with E-state index >= 15 is 0 Å². The van der Waals surface area contributed by atoms with E-state index in [0.29, 0.717) is 0 Å². The average molecular weight is 355 g/mol. The van der Waals surface area contributed by atoms with Crippen LogP contribution in [0.2, 0.25) is 0 Å². The molecule has 0 spiro atoms. The molecule has 0 fully saturated rings. The van der Waals surface area contributed by atoms with Gasteiger partial charge in [-0.3, -0.25) is 0 Å². The van der Waals surface area contributed by atoms with Crippen molar-refractivity contribution in [3.63, 3.8) is 0 Å². The molecule has 0 aliphatic carbocycles. The summed E-state index contributed by atoms with van der Waals surface area (Å²) < 4.78 is 0. The van der Waals surface area contributed by atoms with E-state index in [-0.39, 0.29) is 12.4 Å². The Labute approximate surface area is 151 Å². The van der Waals surface area contributed by atoms with Gasteiger partial charge >= 0.3 is 0 Å². The van der Waals surface area contributed by atoms with Gasteiger partial charge in [-0.2, -0.15) is 0 Å². The van der Waals surface area contributed by atoms with Crippen LogP contribution in [0.1, 0.15) is 71.3 Å². The Hall–Kier alpha value is -0.320. The molecule has 0 radical (unpaired) electrons. The largest absolute Gasteiger partial charge is 1.00 e. The highest BCUT2D eigenvalue weighted by molar-refractivity contribution is 7.82. The van der Waals surface area contributed by atoms with Gasteiger partial charge in [0.1, 0.15) is 0 Å². The highest BCUT2D eigenvalue weighted by atomic mass is 35.5. The molecule has 0 aliphatic heterocycles. The first-order valence-electron chi connectivity index (χ1n) is 9.31. The lowest BCUT2D eigenvalue weighted by atomic mass is 10.2. The third-order valence-corrected chi connectivity index (χ3v) is 9.66. The second-order valence-electron chi connectivity index (χ2n) is 6.53. The van der Waals surface area contributed by atoms with Gasteiger partial charge in [0, 0.05) is 7.26 Å². The minimum Gasteiger partial charge on any atom is -1.00 e. The van der Waals surface area contributed by atoms with E-state index in [1.54, 1.807) is 5.30 Å². The van der Waals surface area contributed by atoms with Gasteiger partial charge in [0.05, 0.1) is 23.8 Å². The van der Waals surface area contributed by atoms with Crippen LogP contribution in [0.4, 0.5) is 0 Å². The zero-order valence-electron chi connectivity index (χ0n) is 15.5. The average Bonchev–Trinajstić information content (AvgIpc) is 2.57. The van der Waals surface area contributed by atoms with E-state index in [4.69, 9.17) is 0 Å². The van der Waals surface area contributed by atoms with Crippen molar-refractivity contribution >= 4 is 18.6 Å². The van der Waals surface area contributed by atoms with Gasteiger partial charge in [0.15, 0.2) is 0 Å². The Morgan fingerprint density at radius 1 is 0.783 bits per heavy atom. The van der Waals surface area contributed by atoms with Crippen LogP contribution in [0.3, 0.4) is 0 Å². The van der Waals surface area contributed by atoms with E-state index in [0.717, 1.165) is 0 Å². The topological polar surface area (TPSA) is 0 Å². The Balaban J connectivity index is 0.00000484.